The molecule has 1 aliphatic heterocycles. The average Bonchev–Trinajstić information content (AvgIpc) is 3.90. The summed E-state index contributed by atoms with van der Waals surface area (Å²) in [6, 6.07) is 28.6. The second-order valence-corrected chi connectivity index (χ2v) is 17.0. The number of hydrogen-bond acceptors (Lipinski definition) is 6. The van der Waals surface area contributed by atoms with Crippen molar-refractivity contribution < 1.29 is 14.4 Å². The predicted molar refractivity (Wildman–Crippen MR) is 185 cm³/mol. The maximum atomic E-state index is 13.7. The number of amides is 3. The summed E-state index contributed by atoms with van der Waals surface area (Å²) in [6.07, 6.45) is 1.59. The Morgan fingerprint density at radius 1 is 0.438 bits per heavy atom. The Bertz CT molecular complexity index is 1790. The molecule has 0 fully saturated rings. The first kappa shape index (κ1) is 32.4. The predicted octanol–water partition coefficient (Wildman–Crippen LogP) is 3.50. The first-order valence-corrected chi connectivity index (χ1v) is 20.9. The zero-order valence-electron chi connectivity index (χ0n) is 25.5. The van der Waals surface area contributed by atoms with Crippen LogP contribution in [0.1, 0.15) is 80.0 Å². The summed E-state index contributed by atoms with van der Waals surface area (Å²) in [5.41, 5.74) is 4.15. The molecule has 0 aliphatic carbocycles. The normalized spacial score (nSPS) is 18.2. The summed E-state index contributed by atoms with van der Waals surface area (Å²) < 4.78 is 2.33. The van der Waals surface area contributed by atoms with E-state index in [-0.39, 0.29) is 61.2 Å². The number of aromatic nitrogens is 3. The molecule has 3 atom stereocenters. The molecule has 48 heavy (non-hydrogen) atoms. The molecular formula is C36H30N6O3Se3. The third-order valence-corrected chi connectivity index (χ3v) is 14.0. The van der Waals surface area contributed by atoms with Crippen molar-refractivity contribution in [3.63, 3.8) is 0 Å². The number of benzene rings is 3. The first-order valence-electron chi connectivity index (χ1n) is 15.4. The first-order chi connectivity index (χ1) is 23.5. The minimum atomic E-state index is -0.415. The Kier molecular flexibility index (Phi) is 10.1. The van der Waals surface area contributed by atoms with E-state index < -0.39 is 18.1 Å². The van der Waals surface area contributed by atoms with E-state index in [2.05, 4.69) is 16.0 Å². The van der Waals surface area contributed by atoms with E-state index in [1.54, 1.807) is 0 Å². The number of carbonyl (C=O) groups excluding carboxylic acids is 3. The molecule has 6 aromatic rings. The van der Waals surface area contributed by atoms with Gasteiger partial charge in [0.25, 0.3) is 0 Å². The zero-order valence-corrected chi connectivity index (χ0v) is 30.7. The number of hydrogen-bond donors (Lipinski definition) is 3. The van der Waals surface area contributed by atoms with E-state index >= 15 is 0 Å². The summed E-state index contributed by atoms with van der Waals surface area (Å²) in [7, 11) is 0. The van der Waals surface area contributed by atoms with Gasteiger partial charge in [-0.3, -0.25) is 0 Å². The number of nitrogens with zero attached hydrogens (tertiary/aromatic N) is 3. The Hall–Kier alpha value is -4.14. The quantitative estimate of drug-likeness (QED) is 0.221. The molecule has 3 N–H and O–H groups in total. The fourth-order valence-corrected chi connectivity index (χ4v) is 10.9. The van der Waals surface area contributed by atoms with Crippen LogP contribution >= 0.6 is 0 Å². The molecule has 240 valence electrons. The molecule has 6 bridgehead atoms. The Labute approximate surface area is 295 Å². The standard InChI is InChI=1S/C36H30N6O3Se3/c43-31-28-20-47-35(41-28)26(17-23-12-6-2-7-13-23)39-33(45)30-21-48-36(42-30)27(18-24-14-8-3-9-15-24)38-32(44)29-19-46-34(40-29)25(37-31)16-22-10-4-1-5-11-22/h1-15,19-21,25-27H,16-18H2,(H,37,43)(H,38,44)(H,39,45)/t25-,26-,27-/m0/s1. The number of fused-ring (bicyclic) bond motifs is 6. The molecule has 0 saturated carbocycles. The molecule has 0 radical (unpaired) electrons. The third-order valence-electron chi connectivity index (χ3n) is 7.92. The third kappa shape index (κ3) is 7.77. The van der Waals surface area contributed by atoms with Crippen molar-refractivity contribution >= 4 is 61.2 Å². The molecule has 0 saturated heterocycles. The molecule has 3 aromatic carbocycles. The number of carbonyl (C=O) groups is 3. The van der Waals surface area contributed by atoms with Crippen molar-refractivity contribution in [2.24, 2.45) is 0 Å². The fraction of sp³-hybridized carbons (Fsp3) is 0.167. The van der Waals surface area contributed by atoms with E-state index in [0.29, 0.717) is 36.3 Å². The van der Waals surface area contributed by atoms with Crippen LogP contribution in [0.3, 0.4) is 0 Å². The van der Waals surface area contributed by atoms with Gasteiger partial charge in [-0.15, -0.1) is 0 Å². The van der Waals surface area contributed by atoms with E-state index in [9.17, 15) is 14.4 Å². The van der Waals surface area contributed by atoms with E-state index in [0.717, 1.165) is 30.4 Å². The topological polar surface area (TPSA) is 126 Å². The number of rotatable bonds is 6. The molecule has 1 aliphatic rings. The van der Waals surface area contributed by atoms with E-state index in [1.807, 2.05) is 106 Å². The van der Waals surface area contributed by atoms with Crippen LogP contribution in [-0.4, -0.2) is 76.2 Å². The van der Waals surface area contributed by atoms with Crippen molar-refractivity contribution in [1.29, 1.82) is 0 Å². The fourth-order valence-electron chi connectivity index (χ4n) is 5.50. The van der Waals surface area contributed by atoms with Gasteiger partial charge in [0.05, 0.1) is 0 Å². The maximum absolute atomic E-state index is 13.7. The van der Waals surface area contributed by atoms with Crippen LogP contribution in [0.5, 0.6) is 0 Å². The van der Waals surface area contributed by atoms with Crippen LogP contribution in [0.4, 0.5) is 0 Å². The van der Waals surface area contributed by atoms with Crippen LogP contribution < -0.4 is 16.0 Å². The zero-order chi connectivity index (χ0) is 32.9. The van der Waals surface area contributed by atoms with Gasteiger partial charge in [-0.1, -0.05) is 0 Å². The van der Waals surface area contributed by atoms with Gasteiger partial charge in [-0.25, -0.2) is 0 Å². The molecule has 0 unspecified atom stereocenters. The van der Waals surface area contributed by atoms with Gasteiger partial charge < -0.3 is 0 Å². The van der Waals surface area contributed by atoms with Gasteiger partial charge in [0.15, 0.2) is 0 Å². The van der Waals surface area contributed by atoms with E-state index in [1.165, 1.54) is 0 Å². The summed E-state index contributed by atoms with van der Waals surface area (Å²) in [5, 5.41) is 9.54. The number of nitrogens with one attached hydrogen (secondary N) is 3. The average molecular weight is 832 g/mol. The monoisotopic (exact) mass is 834 g/mol. The van der Waals surface area contributed by atoms with Crippen molar-refractivity contribution in [3.8, 4) is 0 Å². The molecule has 7 rings (SSSR count). The van der Waals surface area contributed by atoms with Gasteiger partial charge >= 0.3 is 297 Å². The van der Waals surface area contributed by atoms with Crippen molar-refractivity contribution in [3.05, 3.63) is 153 Å². The van der Waals surface area contributed by atoms with Crippen LogP contribution in [0.25, 0.3) is 0 Å². The second kappa shape index (κ2) is 15.0. The summed E-state index contributed by atoms with van der Waals surface area (Å²) in [6.45, 7) is 0. The van der Waals surface area contributed by atoms with E-state index in [4.69, 9.17) is 15.0 Å². The van der Waals surface area contributed by atoms with Gasteiger partial charge in [0.1, 0.15) is 0 Å². The minimum absolute atomic E-state index is 0.236. The van der Waals surface area contributed by atoms with Gasteiger partial charge in [-0.05, 0) is 0 Å². The Morgan fingerprint density at radius 3 is 0.979 bits per heavy atom. The summed E-state index contributed by atoms with van der Waals surface area (Å²) >= 11 is -0.707. The van der Waals surface area contributed by atoms with Gasteiger partial charge in [0, 0.05) is 0 Å². The van der Waals surface area contributed by atoms with Gasteiger partial charge in [0.2, 0.25) is 0 Å². The molecule has 3 amide bonds. The molecular weight excluding hydrogens is 801 g/mol. The molecule has 0 spiro atoms. The van der Waals surface area contributed by atoms with Crippen LogP contribution in [-0.2, 0) is 19.3 Å². The molecule has 9 nitrogen and oxygen atoms in total. The van der Waals surface area contributed by atoms with Crippen molar-refractivity contribution in [1.82, 2.24) is 30.9 Å². The Morgan fingerprint density at radius 2 is 0.708 bits per heavy atom. The molecule has 4 heterocycles. The van der Waals surface area contributed by atoms with Crippen LogP contribution in [0.15, 0.2) is 106 Å². The van der Waals surface area contributed by atoms with Crippen molar-refractivity contribution in [2.45, 2.75) is 37.4 Å². The van der Waals surface area contributed by atoms with Gasteiger partial charge in [-0.2, -0.15) is 0 Å². The van der Waals surface area contributed by atoms with Crippen LogP contribution in [0.2, 0.25) is 0 Å². The Balaban J connectivity index is 1.28. The molecule has 12 heteroatoms. The SMILES string of the molecule is O=C1N[C@@H](Cc2ccccc2)c2nc(c[se]2)C(=O)N[C@@H](Cc2ccccc2)c2nc(c[se]2)C(=O)N[C@@H](Cc2ccccc2)c2nc1c[se]2. The molecule has 3 aromatic heterocycles. The summed E-state index contributed by atoms with van der Waals surface area (Å²) in [4.78, 5) is 61.2. The summed E-state index contributed by atoms with van der Waals surface area (Å²) in [5.74, 6) is -0.893. The second-order valence-electron chi connectivity index (χ2n) is 11.4. The van der Waals surface area contributed by atoms with Crippen LogP contribution in [0, 0.1) is 0 Å². The van der Waals surface area contributed by atoms with Crippen molar-refractivity contribution in [2.75, 3.05) is 0 Å².